The molecule has 2 N–H and O–H groups in total. The predicted octanol–water partition coefficient (Wildman–Crippen LogP) is 3.32. The molecule has 2 aromatic rings. The number of carbonyl (C=O) groups excluding carboxylic acids is 2. The molecular formula is C19H22N2O4S. The van der Waals surface area contributed by atoms with Gasteiger partial charge in [-0.05, 0) is 36.8 Å². The van der Waals surface area contributed by atoms with Crippen LogP contribution >= 0.6 is 11.8 Å². The highest BCUT2D eigenvalue weighted by Crippen LogP contribution is 2.28. The number of hydrogen-bond acceptors (Lipinski definition) is 5. The first kappa shape index (κ1) is 19.7. The monoisotopic (exact) mass is 374 g/mol. The summed E-state index contributed by atoms with van der Waals surface area (Å²) in [5.41, 5.74) is 2.35. The molecule has 0 aliphatic heterocycles. The van der Waals surface area contributed by atoms with Crippen LogP contribution < -0.4 is 20.1 Å². The molecule has 0 bridgehead atoms. The van der Waals surface area contributed by atoms with Crippen LogP contribution in [0.4, 0.5) is 11.4 Å². The molecule has 0 aliphatic carbocycles. The lowest BCUT2D eigenvalue weighted by Gasteiger charge is -2.11. The summed E-state index contributed by atoms with van der Waals surface area (Å²) in [5, 5.41) is 5.58. The van der Waals surface area contributed by atoms with Gasteiger partial charge in [-0.2, -0.15) is 0 Å². The first-order valence-corrected chi connectivity index (χ1v) is 9.13. The van der Waals surface area contributed by atoms with Gasteiger partial charge in [0, 0.05) is 11.8 Å². The third-order valence-electron chi connectivity index (χ3n) is 3.45. The Bertz CT molecular complexity index is 780. The van der Waals surface area contributed by atoms with Crippen LogP contribution in [0, 0.1) is 6.92 Å². The van der Waals surface area contributed by atoms with Gasteiger partial charge in [-0.15, -0.1) is 11.8 Å². The highest BCUT2D eigenvalue weighted by Gasteiger charge is 2.10. The zero-order chi connectivity index (χ0) is 18.9. The SMILES string of the molecule is COc1ccc(OC)c(NC(=O)CSCC(=O)Nc2cccc(C)c2)c1. The fourth-order valence-corrected chi connectivity index (χ4v) is 2.87. The summed E-state index contributed by atoms with van der Waals surface area (Å²) >= 11 is 1.24. The van der Waals surface area contributed by atoms with E-state index < -0.39 is 0 Å². The minimum absolute atomic E-state index is 0.146. The smallest absolute Gasteiger partial charge is 0.234 e. The molecule has 0 saturated heterocycles. The molecule has 7 heteroatoms. The fraction of sp³-hybridized carbons (Fsp3) is 0.263. The van der Waals surface area contributed by atoms with Crippen molar-refractivity contribution < 1.29 is 19.1 Å². The molecule has 2 rings (SSSR count). The second-order valence-corrected chi connectivity index (χ2v) is 6.51. The third-order valence-corrected chi connectivity index (χ3v) is 4.38. The zero-order valence-corrected chi connectivity index (χ0v) is 15.8. The number of methoxy groups -OCH3 is 2. The van der Waals surface area contributed by atoms with Gasteiger partial charge in [-0.3, -0.25) is 9.59 Å². The van der Waals surface area contributed by atoms with E-state index in [9.17, 15) is 9.59 Å². The molecule has 0 spiro atoms. The van der Waals surface area contributed by atoms with Crippen molar-refractivity contribution >= 4 is 35.0 Å². The fourth-order valence-electron chi connectivity index (χ4n) is 2.25. The van der Waals surface area contributed by atoms with Gasteiger partial charge >= 0.3 is 0 Å². The van der Waals surface area contributed by atoms with Crippen LogP contribution in [0.25, 0.3) is 0 Å². The zero-order valence-electron chi connectivity index (χ0n) is 15.0. The van der Waals surface area contributed by atoms with Crippen LogP contribution in [0.3, 0.4) is 0 Å². The Hall–Kier alpha value is -2.67. The summed E-state index contributed by atoms with van der Waals surface area (Å²) in [4.78, 5) is 24.1. The average Bonchev–Trinajstić information content (AvgIpc) is 2.61. The summed E-state index contributed by atoms with van der Waals surface area (Å²) < 4.78 is 10.4. The maximum atomic E-state index is 12.1. The summed E-state index contributed by atoms with van der Waals surface area (Å²) in [6, 6.07) is 12.7. The molecule has 138 valence electrons. The lowest BCUT2D eigenvalue weighted by atomic mass is 10.2. The van der Waals surface area contributed by atoms with E-state index in [4.69, 9.17) is 9.47 Å². The summed E-state index contributed by atoms with van der Waals surface area (Å²) in [7, 11) is 3.08. The highest BCUT2D eigenvalue weighted by molar-refractivity contribution is 8.00. The molecule has 0 heterocycles. The van der Waals surface area contributed by atoms with E-state index in [1.54, 1.807) is 25.3 Å². The number of benzene rings is 2. The Morgan fingerprint density at radius 1 is 0.962 bits per heavy atom. The number of nitrogens with one attached hydrogen (secondary N) is 2. The molecular weight excluding hydrogens is 352 g/mol. The number of carbonyl (C=O) groups is 2. The van der Waals surface area contributed by atoms with Gasteiger partial charge < -0.3 is 20.1 Å². The number of aryl methyl sites for hydroxylation is 1. The average molecular weight is 374 g/mol. The van der Waals surface area contributed by atoms with Crippen LogP contribution in [0.2, 0.25) is 0 Å². The molecule has 2 aromatic carbocycles. The minimum atomic E-state index is -0.218. The molecule has 0 aliphatic rings. The second kappa shape index (κ2) is 9.72. The Morgan fingerprint density at radius 3 is 2.35 bits per heavy atom. The number of thioether (sulfide) groups is 1. The van der Waals surface area contributed by atoms with E-state index in [2.05, 4.69) is 10.6 Å². The van der Waals surface area contributed by atoms with Crippen molar-refractivity contribution in [1.82, 2.24) is 0 Å². The minimum Gasteiger partial charge on any atom is -0.497 e. The predicted molar refractivity (Wildman–Crippen MR) is 105 cm³/mol. The van der Waals surface area contributed by atoms with E-state index in [0.717, 1.165) is 11.3 Å². The summed E-state index contributed by atoms with van der Waals surface area (Å²) in [6.07, 6.45) is 0. The maximum absolute atomic E-state index is 12.1. The summed E-state index contributed by atoms with van der Waals surface area (Å²) in [5.74, 6) is 1.14. The van der Waals surface area contributed by atoms with E-state index >= 15 is 0 Å². The van der Waals surface area contributed by atoms with E-state index in [1.165, 1.54) is 18.9 Å². The molecule has 0 unspecified atom stereocenters. The quantitative estimate of drug-likeness (QED) is 0.741. The number of anilines is 2. The lowest BCUT2D eigenvalue weighted by Crippen LogP contribution is -2.18. The van der Waals surface area contributed by atoms with Gasteiger partial charge in [0.2, 0.25) is 11.8 Å². The standard InChI is InChI=1S/C19H22N2O4S/c1-13-5-4-6-14(9-13)20-18(22)11-26-12-19(23)21-16-10-15(24-2)7-8-17(16)25-3/h4-10H,11-12H2,1-3H3,(H,20,22)(H,21,23). The topological polar surface area (TPSA) is 76.7 Å². The van der Waals surface area contributed by atoms with Gasteiger partial charge in [0.05, 0.1) is 31.4 Å². The van der Waals surface area contributed by atoms with Crippen molar-refractivity contribution in [3.63, 3.8) is 0 Å². The number of amides is 2. The number of ether oxygens (including phenoxy) is 2. The first-order valence-electron chi connectivity index (χ1n) is 7.98. The Balaban J connectivity index is 1.81. The number of rotatable bonds is 8. The van der Waals surface area contributed by atoms with E-state index in [0.29, 0.717) is 17.2 Å². The molecule has 2 amide bonds. The Kier molecular flexibility index (Phi) is 7.35. The molecule has 0 saturated carbocycles. The molecule has 0 radical (unpaired) electrons. The van der Waals surface area contributed by atoms with Gasteiger partial charge in [-0.25, -0.2) is 0 Å². The third kappa shape index (κ3) is 6.00. The van der Waals surface area contributed by atoms with Gasteiger partial charge in [0.1, 0.15) is 11.5 Å². The van der Waals surface area contributed by atoms with Gasteiger partial charge in [0.15, 0.2) is 0 Å². The van der Waals surface area contributed by atoms with Crippen LogP contribution in [0.15, 0.2) is 42.5 Å². The number of hydrogen-bond donors (Lipinski definition) is 2. The maximum Gasteiger partial charge on any atom is 0.234 e. The van der Waals surface area contributed by atoms with Crippen molar-refractivity contribution in [2.45, 2.75) is 6.92 Å². The Morgan fingerprint density at radius 2 is 1.69 bits per heavy atom. The largest absolute Gasteiger partial charge is 0.497 e. The molecule has 0 fully saturated rings. The highest BCUT2D eigenvalue weighted by atomic mass is 32.2. The van der Waals surface area contributed by atoms with Crippen LogP contribution in [-0.2, 0) is 9.59 Å². The van der Waals surface area contributed by atoms with Crippen molar-refractivity contribution in [3.05, 3.63) is 48.0 Å². The molecule has 0 aromatic heterocycles. The van der Waals surface area contributed by atoms with Crippen molar-refractivity contribution in [2.24, 2.45) is 0 Å². The van der Waals surface area contributed by atoms with Crippen LogP contribution in [-0.4, -0.2) is 37.5 Å². The van der Waals surface area contributed by atoms with Crippen LogP contribution in [0.5, 0.6) is 11.5 Å². The van der Waals surface area contributed by atoms with Gasteiger partial charge in [-0.1, -0.05) is 12.1 Å². The molecule has 0 atom stereocenters. The van der Waals surface area contributed by atoms with Gasteiger partial charge in [0.25, 0.3) is 0 Å². The van der Waals surface area contributed by atoms with E-state index in [1.807, 2.05) is 31.2 Å². The van der Waals surface area contributed by atoms with Crippen molar-refractivity contribution in [3.8, 4) is 11.5 Å². The molecule has 26 heavy (non-hydrogen) atoms. The van der Waals surface area contributed by atoms with Crippen LogP contribution in [0.1, 0.15) is 5.56 Å². The second-order valence-electron chi connectivity index (χ2n) is 5.52. The summed E-state index contributed by atoms with van der Waals surface area (Å²) in [6.45, 7) is 1.96. The van der Waals surface area contributed by atoms with Crippen molar-refractivity contribution in [1.29, 1.82) is 0 Å². The first-order chi connectivity index (χ1) is 12.5. The molecule has 6 nitrogen and oxygen atoms in total. The lowest BCUT2D eigenvalue weighted by molar-refractivity contribution is -0.114. The van der Waals surface area contributed by atoms with Crippen molar-refractivity contribution in [2.75, 3.05) is 36.4 Å². The van der Waals surface area contributed by atoms with E-state index in [-0.39, 0.29) is 23.3 Å². The normalized spacial score (nSPS) is 10.1. The Labute approximate surface area is 157 Å².